The fourth-order valence-electron chi connectivity index (χ4n) is 9.37. The third-order valence-electron chi connectivity index (χ3n) is 12.7. The Kier molecular flexibility index (Phi) is 11.2. The van der Waals surface area contributed by atoms with E-state index in [1.54, 1.807) is 63.7 Å². The molecule has 0 aliphatic heterocycles. The van der Waals surface area contributed by atoms with Gasteiger partial charge in [-0.3, -0.25) is 0 Å². The second-order valence-corrected chi connectivity index (χ2v) is 17.1. The van der Waals surface area contributed by atoms with Crippen molar-refractivity contribution in [3.63, 3.8) is 0 Å². The molecule has 2 heterocycles. The quantitative estimate of drug-likeness (QED) is 0.161. The molecule has 0 amide bonds. The third kappa shape index (κ3) is 8.47. The van der Waals surface area contributed by atoms with Crippen LogP contribution in [0.25, 0.3) is 88.4 Å². The van der Waals surface area contributed by atoms with E-state index in [0.717, 1.165) is 12.1 Å². The Morgan fingerprint density at radius 1 is 0.297 bits per heavy atom. The van der Waals surface area contributed by atoms with E-state index in [9.17, 15) is 76.4 Å². The molecule has 0 unspecified atom stereocenters. The maximum atomic E-state index is 14.1. The summed E-state index contributed by atoms with van der Waals surface area (Å²) in [6.07, 6.45) is -25.5. The summed E-state index contributed by atoms with van der Waals surface area (Å²) in [6.45, 7) is 0. The van der Waals surface area contributed by atoms with Crippen LogP contribution in [0, 0.1) is 22.7 Å². The van der Waals surface area contributed by atoms with E-state index in [2.05, 4.69) is 6.07 Å². The molecule has 0 spiro atoms. The summed E-state index contributed by atoms with van der Waals surface area (Å²) in [7, 11) is 0. The van der Waals surface area contributed by atoms with Crippen molar-refractivity contribution in [2.24, 2.45) is 0 Å². The average Bonchev–Trinajstić information content (AvgIpc) is 3.86. The number of aromatic nitrogens is 2. The van der Waals surface area contributed by atoms with Gasteiger partial charge in [-0.15, -0.1) is 0 Å². The lowest BCUT2D eigenvalue weighted by Crippen LogP contribution is -2.11. The van der Waals surface area contributed by atoms with Gasteiger partial charge in [0.05, 0.1) is 84.5 Å². The van der Waals surface area contributed by atoms with Crippen LogP contribution in [0.5, 0.6) is 0 Å². The number of hydrogen-bond acceptors (Lipinski definition) is 2. The zero-order chi connectivity index (χ0) is 53.0. The molecule has 0 fully saturated rings. The minimum Gasteiger partial charge on any atom is -0.307 e. The van der Waals surface area contributed by atoms with Crippen molar-refractivity contribution >= 4 is 43.6 Å². The number of hydrogen-bond donors (Lipinski definition) is 0. The summed E-state index contributed by atoms with van der Waals surface area (Å²) in [5.41, 5.74) is -7.56. The molecule has 8 aromatic carbocycles. The lowest BCUT2D eigenvalue weighted by atomic mass is 9.93. The first kappa shape index (κ1) is 48.9. The highest BCUT2D eigenvalue weighted by atomic mass is 19.4. The Labute approximate surface area is 406 Å². The van der Waals surface area contributed by atoms with E-state index in [1.807, 2.05) is 0 Å². The third-order valence-corrected chi connectivity index (χ3v) is 12.7. The highest BCUT2D eigenvalue weighted by molar-refractivity contribution is 6.13. The van der Waals surface area contributed by atoms with Crippen molar-refractivity contribution in [2.45, 2.75) is 30.9 Å². The Hall–Kier alpha value is -8.71. The summed E-state index contributed by atoms with van der Waals surface area (Å²) in [5, 5.41) is 22.5. The molecule has 0 saturated carbocycles. The van der Waals surface area contributed by atoms with Crippen molar-refractivity contribution in [3.8, 4) is 56.9 Å². The molecule has 19 heteroatoms. The molecule has 0 atom stereocenters. The topological polar surface area (TPSA) is 57.4 Å². The molecule has 0 radical (unpaired) electrons. The minimum atomic E-state index is -5.17. The van der Waals surface area contributed by atoms with E-state index < -0.39 is 75.4 Å². The number of benzene rings is 8. The zero-order valence-electron chi connectivity index (χ0n) is 36.9. The summed E-state index contributed by atoms with van der Waals surface area (Å²) in [5.74, 6) is 0. The van der Waals surface area contributed by atoms with E-state index in [-0.39, 0.29) is 62.4 Å². The molecule has 0 aliphatic rings. The molecule has 10 rings (SSSR count). The highest BCUT2D eigenvalue weighted by Gasteiger charge is 2.39. The van der Waals surface area contributed by atoms with E-state index in [4.69, 9.17) is 0 Å². The van der Waals surface area contributed by atoms with E-state index in [0.29, 0.717) is 62.9 Å². The molecule has 370 valence electrons. The van der Waals surface area contributed by atoms with Gasteiger partial charge in [0, 0.05) is 32.7 Å². The Morgan fingerprint density at radius 3 is 1.05 bits per heavy atom. The van der Waals surface area contributed by atoms with Crippen molar-refractivity contribution in [1.82, 2.24) is 9.13 Å². The van der Waals surface area contributed by atoms with Crippen LogP contribution < -0.4 is 0 Å². The molecular formula is C55H25F15N4. The molecule has 10 aromatic rings. The van der Waals surface area contributed by atoms with Gasteiger partial charge in [-0.05, 0) is 119 Å². The first-order valence-corrected chi connectivity index (χ1v) is 21.6. The normalized spacial score (nSPS) is 12.8. The fraction of sp³-hybridized carbons (Fsp3) is 0.0909. The van der Waals surface area contributed by atoms with Crippen LogP contribution in [0.15, 0.2) is 152 Å². The first-order valence-electron chi connectivity index (χ1n) is 21.6. The summed E-state index contributed by atoms with van der Waals surface area (Å²) in [6, 6.07) is 32.5. The predicted molar refractivity (Wildman–Crippen MR) is 246 cm³/mol. The van der Waals surface area contributed by atoms with Crippen LogP contribution in [0.1, 0.15) is 38.9 Å². The van der Waals surface area contributed by atoms with Gasteiger partial charge in [-0.2, -0.15) is 76.4 Å². The van der Waals surface area contributed by atoms with Crippen LogP contribution >= 0.6 is 0 Å². The molecule has 0 aliphatic carbocycles. The van der Waals surface area contributed by atoms with E-state index >= 15 is 0 Å². The monoisotopic (exact) mass is 1030 g/mol. The van der Waals surface area contributed by atoms with Crippen molar-refractivity contribution in [1.29, 1.82) is 10.5 Å². The van der Waals surface area contributed by atoms with Crippen LogP contribution in [0.3, 0.4) is 0 Å². The number of halogens is 15. The van der Waals surface area contributed by atoms with E-state index in [1.165, 1.54) is 48.5 Å². The number of nitriles is 2. The molecule has 0 saturated heterocycles. The second-order valence-electron chi connectivity index (χ2n) is 17.1. The van der Waals surface area contributed by atoms with Crippen LogP contribution in [-0.2, 0) is 30.9 Å². The van der Waals surface area contributed by atoms with Gasteiger partial charge in [-0.1, -0.05) is 54.6 Å². The van der Waals surface area contributed by atoms with Gasteiger partial charge in [0.2, 0.25) is 0 Å². The summed E-state index contributed by atoms with van der Waals surface area (Å²) >= 11 is 0. The summed E-state index contributed by atoms with van der Waals surface area (Å²) < 4.78 is 214. The molecule has 4 nitrogen and oxygen atoms in total. The Bertz CT molecular complexity index is 3970. The number of para-hydroxylation sites is 2. The molecule has 2 aromatic heterocycles. The fourth-order valence-corrected chi connectivity index (χ4v) is 9.37. The predicted octanol–water partition coefficient (Wildman–Crippen LogP) is 17.7. The Morgan fingerprint density at radius 2 is 0.662 bits per heavy atom. The maximum Gasteiger partial charge on any atom is 0.416 e. The highest BCUT2D eigenvalue weighted by Crippen LogP contribution is 2.46. The van der Waals surface area contributed by atoms with Gasteiger partial charge < -0.3 is 9.13 Å². The lowest BCUT2D eigenvalue weighted by Gasteiger charge is -2.20. The van der Waals surface area contributed by atoms with Crippen LogP contribution in [0.2, 0.25) is 0 Å². The van der Waals surface area contributed by atoms with Gasteiger partial charge in [0.15, 0.2) is 0 Å². The molecular weight excluding hydrogens is 1000 g/mol. The smallest absolute Gasteiger partial charge is 0.307 e. The van der Waals surface area contributed by atoms with Gasteiger partial charge in [-0.25, -0.2) is 0 Å². The van der Waals surface area contributed by atoms with Crippen molar-refractivity contribution in [2.75, 3.05) is 0 Å². The average molecular weight is 1030 g/mol. The summed E-state index contributed by atoms with van der Waals surface area (Å²) in [4.78, 5) is 0. The number of alkyl halides is 15. The molecule has 74 heavy (non-hydrogen) atoms. The second kappa shape index (κ2) is 16.9. The minimum absolute atomic E-state index is 0.000604. The number of nitrogens with zero attached hydrogens (tertiary/aromatic N) is 4. The molecule has 0 N–H and O–H groups in total. The molecule has 0 bridgehead atoms. The maximum absolute atomic E-state index is 14.1. The van der Waals surface area contributed by atoms with Crippen molar-refractivity contribution in [3.05, 3.63) is 191 Å². The van der Waals surface area contributed by atoms with Gasteiger partial charge in [0.1, 0.15) is 0 Å². The number of fused-ring (bicyclic) bond motifs is 6. The van der Waals surface area contributed by atoms with Crippen LogP contribution in [-0.4, -0.2) is 9.13 Å². The largest absolute Gasteiger partial charge is 0.416 e. The lowest BCUT2D eigenvalue weighted by molar-refractivity contribution is -0.144. The Balaban J connectivity index is 1.29. The first-order chi connectivity index (χ1) is 34.7. The SMILES string of the molecule is N#Cc1cc(C(F)(F)F)ccc1-c1cc(-n2c3ccccc3c3cc(-c4cc(C(F)(F)F)cc(C(F)(F)F)c4)ccc32)c(-n2c3ccccc3c3cc(-c4cc(C(F)(F)F)cc(C(F)(F)F)c4)ccc32)cc1C#N. The van der Waals surface area contributed by atoms with Crippen molar-refractivity contribution < 1.29 is 65.9 Å². The van der Waals surface area contributed by atoms with Crippen LogP contribution in [0.4, 0.5) is 65.9 Å². The zero-order valence-corrected chi connectivity index (χ0v) is 36.9. The number of rotatable bonds is 5. The van der Waals surface area contributed by atoms with Gasteiger partial charge in [0.25, 0.3) is 0 Å². The standard InChI is InChI=1S/C55H25F15N4/c56-51(57,58)34-11-12-39(32(19-34)26-71)42-25-50(74-46-8-4-2-6-41(46)44-21-29(10-14-48(44)74)31-17-37(54(65,66)67)24-38(18-31)55(68,69)70)49(22-33(42)27-72)73-45-7-3-1-5-40(45)43-20-28(9-13-47(43)73)30-15-35(52(59,60)61)23-36(16-30)53(62,63)64/h1-25H. The van der Waals surface area contributed by atoms with Gasteiger partial charge >= 0.3 is 30.9 Å².